The highest BCUT2D eigenvalue weighted by Gasteiger charge is 2.59. The Hall–Kier alpha value is -1.91. The van der Waals surface area contributed by atoms with E-state index in [0.717, 1.165) is 5.56 Å². The van der Waals surface area contributed by atoms with Crippen LogP contribution < -0.4 is 0 Å². The number of nitriles is 2. The molecule has 1 atom stereocenters. The molecule has 0 aliphatic rings. The molecule has 0 saturated carbocycles. The molecule has 0 saturated heterocycles. The fraction of sp³-hybridized carbons (Fsp3) is 0.444. The first kappa shape index (κ1) is 20.1. The third-order valence-electron chi connectivity index (χ3n) is 4.51. The molecule has 128 valence electrons. The van der Waals surface area contributed by atoms with Crippen molar-refractivity contribution >= 4 is 7.60 Å². The van der Waals surface area contributed by atoms with Gasteiger partial charge in [0.25, 0.3) is 0 Å². The fourth-order valence-corrected chi connectivity index (χ4v) is 4.68. The van der Waals surface area contributed by atoms with Crippen LogP contribution >= 0.6 is 7.60 Å². The largest absolute Gasteiger partial charge is 0.340 e. The number of rotatable bonds is 7. The lowest BCUT2D eigenvalue weighted by atomic mass is 9.64. The second-order valence-corrected chi connectivity index (χ2v) is 8.50. The van der Waals surface area contributed by atoms with Crippen molar-refractivity contribution in [1.29, 1.82) is 10.5 Å². The van der Waals surface area contributed by atoms with Crippen molar-refractivity contribution in [2.24, 2.45) is 10.8 Å². The van der Waals surface area contributed by atoms with Gasteiger partial charge in [0.2, 0.25) is 0 Å². The Morgan fingerprint density at radius 2 is 1.62 bits per heavy atom. The molecule has 0 aliphatic heterocycles. The second-order valence-electron chi connectivity index (χ2n) is 6.18. The number of hydrogen-bond donors (Lipinski definition) is 0. The van der Waals surface area contributed by atoms with E-state index in [2.05, 4.69) is 18.7 Å². The number of nitrogens with zero attached hydrogens (tertiary/aromatic N) is 2. The molecule has 0 N–H and O–H groups in total. The summed E-state index contributed by atoms with van der Waals surface area (Å²) in [5, 5.41) is 19.9. The highest BCUT2D eigenvalue weighted by molar-refractivity contribution is 7.54. The van der Waals surface area contributed by atoms with Gasteiger partial charge < -0.3 is 9.05 Å². The lowest BCUT2D eigenvalue weighted by molar-refractivity contribution is 0.201. The Morgan fingerprint density at radius 3 is 1.96 bits per heavy atom. The molecule has 6 heteroatoms. The molecule has 24 heavy (non-hydrogen) atoms. The fourth-order valence-electron chi connectivity index (χ4n) is 2.65. The SMILES string of the molecule is C=CC(C)(C)C(C#N)(C#N)C(c1ccc(C)cc1)P(=O)(OC)OC. The summed E-state index contributed by atoms with van der Waals surface area (Å²) in [6.07, 6.45) is 1.52. The van der Waals surface area contributed by atoms with Gasteiger partial charge in [0, 0.05) is 19.6 Å². The number of hydrogen-bond acceptors (Lipinski definition) is 5. The van der Waals surface area contributed by atoms with E-state index in [0.29, 0.717) is 5.56 Å². The Morgan fingerprint density at radius 1 is 1.17 bits per heavy atom. The summed E-state index contributed by atoms with van der Waals surface area (Å²) < 4.78 is 23.6. The van der Waals surface area contributed by atoms with Crippen LogP contribution in [0.25, 0.3) is 0 Å². The van der Waals surface area contributed by atoms with E-state index >= 15 is 0 Å². The lowest BCUT2D eigenvalue weighted by Gasteiger charge is -2.41. The van der Waals surface area contributed by atoms with Gasteiger partial charge in [-0.05, 0) is 12.5 Å². The molecular weight excluding hydrogens is 323 g/mol. The predicted octanol–water partition coefficient (Wildman–Crippen LogP) is 4.77. The number of allylic oxidation sites excluding steroid dienone is 1. The molecule has 0 aromatic heterocycles. The predicted molar refractivity (Wildman–Crippen MR) is 93.2 cm³/mol. The summed E-state index contributed by atoms with van der Waals surface area (Å²) in [5.41, 5.74) is -2.18. The van der Waals surface area contributed by atoms with Crippen LogP contribution in [-0.4, -0.2) is 14.2 Å². The minimum Gasteiger partial charge on any atom is -0.311 e. The molecule has 0 aliphatic carbocycles. The molecule has 0 amide bonds. The Kier molecular flexibility index (Phi) is 6.15. The van der Waals surface area contributed by atoms with Crippen molar-refractivity contribution in [2.75, 3.05) is 14.2 Å². The van der Waals surface area contributed by atoms with Gasteiger partial charge in [-0.25, -0.2) is 0 Å². The van der Waals surface area contributed by atoms with Crippen molar-refractivity contribution in [3.63, 3.8) is 0 Å². The molecule has 1 aromatic carbocycles. The van der Waals surface area contributed by atoms with Gasteiger partial charge in [0.15, 0.2) is 5.41 Å². The normalized spacial score (nSPS) is 13.6. The van der Waals surface area contributed by atoms with Gasteiger partial charge >= 0.3 is 7.60 Å². The summed E-state index contributed by atoms with van der Waals surface area (Å²) in [7, 11) is -1.27. The van der Waals surface area contributed by atoms with Crippen LogP contribution in [0.2, 0.25) is 0 Å². The molecule has 0 fully saturated rings. The maximum atomic E-state index is 13.3. The van der Waals surface area contributed by atoms with Gasteiger partial charge in [-0.15, -0.1) is 6.58 Å². The quantitative estimate of drug-likeness (QED) is 0.524. The summed E-state index contributed by atoms with van der Waals surface area (Å²) in [6, 6.07) is 11.3. The Bertz CT molecular complexity index is 704. The minimum atomic E-state index is -3.79. The third kappa shape index (κ3) is 3.17. The van der Waals surface area contributed by atoms with Crippen LogP contribution in [0.1, 0.15) is 30.6 Å². The zero-order valence-corrected chi connectivity index (χ0v) is 15.6. The van der Waals surface area contributed by atoms with E-state index in [-0.39, 0.29) is 0 Å². The molecule has 1 rings (SSSR count). The smallest absolute Gasteiger partial charge is 0.311 e. The monoisotopic (exact) mass is 346 g/mol. The van der Waals surface area contributed by atoms with Crippen LogP contribution in [0.15, 0.2) is 36.9 Å². The maximum absolute atomic E-state index is 13.3. The average molecular weight is 346 g/mol. The van der Waals surface area contributed by atoms with Crippen molar-refractivity contribution < 1.29 is 13.6 Å². The second kappa shape index (κ2) is 7.32. The molecule has 0 spiro atoms. The van der Waals surface area contributed by atoms with E-state index in [4.69, 9.17) is 9.05 Å². The first-order valence-corrected chi connectivity index (χ1v) is 9.03. The number of benzene rings is 1. The van der Waals surface area contributed by atoms with Crippen LogP contribution in [-0.2, 0) is 13.6 Å². The molecule has 1 aromatic rings. The molecule has 5 nitrogen and oxygen atoms in total. The molecule has 0 heterocycles. The Balaban J connectivity index is 3.85. The molecular formula is C18H23N2O3P. The highest BCUT2D eigenvalue weighted by Crippen LogP contribution is 2.69. The summed E-state index contributed by atoms with van der Waals surface area (Å²) >= 11 is 0. The van der Waals surface area contributed by atoms with Crippen molar-refractivity contribution in [2.45, 2.75) is 26.4 Å². The third-order valence-corrected chi connectivity index (χ3v) is 6.84. The van der Waals surface area contributed by atoms with E-state index in [9.17, 15) is 15.1 Å². The van der Waals surface area contributed by atoms with Crippen molar-refractivity contribution in [3.05, 3.63) is 48.0 Å². The lowest BCUT2D eigenvalue weighted by Crippen LogP contribution is -2.40. The molecule has 1 unspecified atom stereocenters. The number of aryl methyl sites for hydroxylation is 1. The maximum Gasteiger partial charge on any atom is 0.340 e. The molecule has 0 bridgehead atoms. The first-order chi connectivity index (χ1) is 11.2. The topological polar surface area (TPSA) is 83.1 Å². The Labute approximate surface area is 144 Å². The van der Waals surface area contributed by atoms with Crippen LogP contribution in [0.5, 0.6) is 0 Å². The van der Waals surface area contributed by atoms with Crippen LogP contribution in [0.4, 0.5) is 0 Å². The van der Waals surface area contributed by atoms with Crippen molar-refractivity contribution in [3.8, 4) is 12.1 Å². The van der Waals surface area contributed by atoms with Crippen molar-refractivity contribution in [1.82, 2.24) is 0 Å². The summed E-state index contributed by atoms with van der Waals surface area (Å²) in [4.78, 5) is 0. The molecule has 0 radical (unpaired) electrons. The minimum absolute atomic E-state index is 0.547. The van der Waals surface area contributed by atoms with Crippen LogP contribution in [0, 0.1) is 40.4 Å². The van der Waals surface area contributed by atoms with E-state index in [1.807, 2.05) is 19.1 Å². The average Bonchev–Trinajstić information content (AvgIpc) is 2.60. The van der Waals surface area contributed by atoms with E-state index in [1.54, 1.807) is 26.0 Å². The van der Waals surface area contributed by atoms with E-state index in [1.165, 1.54) is 20.3 Å². The highest BCUT2D eigenvalue weighted by atomic mass is 31.2. The van der Waals surface area contributed by atoms with Gasteiger partial charge in [0.05, 0.1) is 12.1 Å². The summed E-state index contributed by atoms with van der Waals surface area (Å²) in [5.74, 6) is 0. The van der Waals surface area contributed by atoms with Gasteiger partial charge in [-0.1, -0.05) is 49.8 Å². The first-order valence-electron chi connectivity index (χ1n) is 7.42. The zero-order valence-electron chi connectivity index (χ0n) is 14.7. The van der Waals surface area contributed by atoms with Gasteiger partial charge in [0.1, 0.15) is 5.66 Å². The summed E-state index contributed by atoms with van der Waals surface area (Å²) in [6.45, 7) is 9.08. The van der Waals surface area contributed by atoms with E-state index < -0.39 is 24.1 Å². The van der Waals surface area contributed by atoms with Gasteiger partial charge in [-0.3, -0.25) is 4.57 Å². The zero-order chi connectivity index (χ0) is 18.6. The van der Waals surface area contributed by atoms with Crippen LogP contribution in [0.3, 0.4) is 0 Å². The standard InChI is InChI=1S/C18H23N2O3P/c1-7-17(3,4)18(12-19,13-20)16(24(21,22-5)23-6)15-10-8-14(2)9-11-15/h7-11,16H,1H2,2-6H3. The van der Waals surface area contributed by atoms with Gasteiger partial charge in [-0.2, -0.15) is 10.5 Å².